The van der Waals surface area contributed by atoms with Crippen molar-refractivity contribution in [2.75, 3.05) is 7.05 Å². The van der Waals surface area contributed by atoms with Crippen LogP contribution in [0.2, 0.25) is 0 Å². The van der Waals surface area contributed by atoms with E-state index in [9.17, 15) is 0 Å². The molecule has 0 atom stereocenters. The molecule has 0 bridgehead atoms. The Kier molecular flexibility index (Phi) is 3.16. The van der Waals surface area contributed by atoms with Gasteiger partial charge in [-0.05, 0) is 51.5 Å². The van der Waals surface area contributed by atoms with Gasteiger partial charge >= 0.3 is 0 Å². The quantitative estimate of drug-likeness (QED) is 0.670. The van der Waals surface area contributed by atoms with Gasteiger partial charge in [-0.3, -0.25) is 0 Å². The molecule has 1 fully saturated rings. The summed E-state index contributed by atoms with van der Waals surface area (Å²) in [5.74, 6) is 1.86. The predicted octanol–water partition coefficient (Wildman–Crippen LogP) is 2.81. The normalized spacial score (nSPS) is 37.2. The van der Waals surface area contributed by atoms with Crippen molar-refractivity contribution >= 4 is 0 Å². The molecule has 0 heterocycles. The summed E-state index contributed by atoms with van der Waals surface area (Å²) in [5.41, 5.74) is 0.436. The highest BCUT2D eigenvalue weighted by Crippen LogP contribution is 2.35. The zero-order valence-electron chi connectivity index (χ0n) is 8.98. The van der Waals surface area contributed by atoms with Crippen molar-refractivity contribution in [1.82, 2.24) is 5.32 Å². The molecule has 0 spiro atoms. The number of nitrogens with one attached hydrogen (secondary N) is 1. The summed E-state index contributed by atoms with van der Waals surface area (Å²) in [7, 11) is 2.09. The molecule has 72 valence electrons. The molecule has 0 aromatic rings. The van der Waals surface area contributed by atoms with Crippen LogP contribution in [0.5, 0.6) is 0 Å². The lowest BCUT2D eigenvalue weighted by Gasteiger charge is -2.38. The molecule has 12 heavy (non-hydrogen) atoms. The summed E-state index contributed by atoms with van der Waals surface area (Å²) < 4.78 is 0. The molecule has 1 aliphatic carbocycles. The van der Waals surface area contributed by atoms with Crippen LogP contribution in [0.4, 0.5) is 0 Å². The Bertz CT molecular complexity index is 132. The molecule has 0 aromatic carbocycles. The lowest BCUT2D eigenvalue weighted by atomic mass is 9.74. The summed E-state index contributed by atoms with van der Waals surface area (Å²) in [4.78, 5) is 0. The van der Waals surface area contributed by atoms with Gasteiger partial charge in [0.1, 0.15) is 0 Å². The number of rotatable bonds is 2. The summed E-state index contributed by atoms with van der Waals surface area (Å²) >= 11 is 0. The molecule has 1 rings (SSSR count). The van der Waals surface area contributed by atoms with Crippen LogP contribution in [-0.2, 0) is 0 Å². The molecule has 1 aliphatic rings. The molecule has 1 N–H and O–H groups in total. The minimum Gasteiger partial charge on any atom is -0.315 e. The van der Waals surface area contributed by atoms with Crippen molar-refractivity contribution in [3.05, 3.63) is 0 Å². The number of hydrogen-bond acceptors (Lipinski definition) is 1. The van der Waals surface area contributed by atoms with Gasteiger partial charge in [-0.1, -0.05) is 13.8 Å². The van der Waals surface area contributed by atoms with Crippen LogP contribution in [0.15, 0.2) is 0 Å². The first kappa shape index (κ1) is 10.0. The van der Waals surface area contributed by atoms with E-state index < -0.39 is 0 Å². The highest BCUT2D eigenvalue weighted by Gasteiger charge is 2.30. The van der Waals surface area contributed by atoms with Crippen molar-refractivity contribution in [3.63, 3.8) is 0 Å². The Labute approximate surface area is 76.9 Å². The molecule has 1 nitrogen and oxygen atoms in total. The zero-order chi connectivity index (χ0) is 9.19. The third-order valence-electron chi connectivity index (χ3n) is 3.68. The van der Waals surface area contributed by atoms with E-state index in [0.29, 0.717) is 5.54 Å². The van der Waals surface area contributed by atoms with Crippen molar-refractivity contribution in [3.8, 4) is 0 Å². The van der Waals surface area contributed by atoms with Crippen LogP contribution >= 0.6 is 0 Å². The van der Waals surface area contributed by atoms with Gasteiger partial charge < -0.3 is 5.32 Å². The van der Waals surface area contributed by atoms with E-state index in [-0.39, 0.29) is 0 Å². The van der Waals surface area contributed by atoms with E-state index in [1.165, 1.54) is 25.7 Å². The Morgan fingerprint density at radius 2 is 1.75 bits per heavy atom. The molecule has 0 amide bonds. The van der Waals surface area contributed by atoms with Gasteiger partial charge in [0.25, 0.3) is 0 Å². The largest absolute Gasteiger partial charge is 0.315 e. The second-order valence-electron chi connectivity index (χ2n) is 4.89. The Morgan fingerprint density at radius 3 is 2.08 bits per heavy atom. The fraction of sp³-hybridized carbons (Fsp3) is 1.00. The standard InChI is InChI=1S/C11H23N/c1-9(2)10-5-7-11(3,12-4)8-6-10/h9-10,12H,5-8H2,1-4H3. The zero-order valence-corrected chi connectivity index (χ0v) is 8.98. The Hall–Kier alpha value is -0.0400. The van der Waals surface area contributed by atoms with Crippen molar-refractivity contribution < 1.29 is 0 Å². The lowest BCUT2D eigenvalue weighted by Crippen LogP contribution is -2.43. The van der Waals surface area contributed by atoms with E-state index in [4.69, 9.17) is 0 Å². The highest BCUT2D eigenvalue weighted by molar-refractivity contribution is 4.88. The van der Waals surface area contributed by atoms with Gasteiger partial charge in [0.2, 0.25) is 0 Å². The smallest absolute Gasteiger partial charge is 0.0150 e. The number of hydrogen-bond donors (Lipinski definition) is 1. The van der Waals surface area contributed by atoms with Crippen LogP contribution in [0.25, 0.3) is 0 Å². The first-order valence-electron chi connectivity index (χ1n) is 5.26. The SMILES string of the molecule is CNC1(C)CCC(C(C)C)CC1. The fourth-order valence-corrected chi connectivity index (χ4v) is 2.19. The van der Waals surface area contributed by atoms with Crippen LogP contribution in [0.3, 0.4) is 0 Å². The molecule has 0 radical (unpaired) electrons. The van der Waals surface area contributed by atoms with E-state index in [2.05, 4.69) is 33.1 Å². The third kappa shape index (κ3) is 2.22. The molecule has 1 heteroatoms. The van der Waals surface area contributed by atoms with Gasteiger partial charge in [0.05, 0.1) is 0 Å². The summed E-state index contributed by atoms with van der Waals surface area (Å²) in [6, 6.07) is 0. The average Bonchev–Trinajstić information content (AvgIpc) is 2.05. The van der Waals surface area contributed by atoms with E-state index in [0.717, 1.165) is 11.8 Å². The maximum absolute atomic E-state index is 3.44. The van der Waals surface area contributed by atoms with Crippen LogP contribution < -0.4 is 5.32 Å². The first-order chi connectivity index (χ1) is 5.57. The topological polar surface area (TPSA) is 12.0 Å². The molecular weight excluding hydrogens is 146 g/mol. The van der Waals surface area contributed by atoms with Crippen LogP contribution in [-0.4, -0.2) is 12.6 Å². The second-order valence-corrected chi connectivity index (χ2v) is 4.89. The predicted molar refractivity (Wildman–Crippen MR) is 54.3 cm³/mol. The van der Waals surface area contributed by atoms with Gasteiger partial charge in [-0.15, -0.1) is 0 Å². The average molecular weight is 169 g/mol. The van der Waals surface area contributed by atoms with Gasteiger partial charge in [0, 0.05) is 5.54 Å². The maximum Gasteiger partial charge on any atom is 0.0150 e. The third-order valence-corrected chi connectivity index (χ3v) is 3.68. The van der Waals surface area contributed by atoms with Crippen molar-refractivity contribution in [2.24, 2.45) is 11.8 Å². The van der Waals surface area contributed by atoms with Gasteiger partial charge in [0.15, 0.2) is 0 Å². The maximum atomic E-state index is 3.44. The van der Waals surface area contributed by atoms with E-state index >= 15 is 0 Å². The molecule has 0 aliphatic heterocycles. The Morgan fingerprint density at radius 1 is 1.25 bits per heavy atom. The van der Waals surface area contributed by atoms with Crippen molar-refractivity contribution in [1.29, 1.82) is 0 Å². The van der Waals surface area contributed by atoms with Gasteiger partial charge in [-0.2, -0.15) is 0 Å². The highest BCUT2D eigenvalue weighted by atomic mass is 14.9. The monoisotopic (exact) mass is 169 g/mol. The lowest BCUT2D eigenvalue weighted by molar-refractivity contribution is 0.183. The Balaban J connectivity index is 2.39. The van der Waals surface area contributed by atoms with Crippen molar-refractivity contribution in [2.45, 2.75) is 52.0 Å². The van der Waals surface area contributed by atoms with Gasteiger partial charge in [-0.25, -0.2) is 0 Å². The minimum absolute atomic E-state index is 0.436. The molecule has 0 unspecified atom stereocenters. The van der Waals surface area contributed by atoms with Crippen LogP contribution in [0.1, 0.15) is 46.5 Å². The molecule has 0 aromatic heterocycles. The second kappa shape index (κ2) is 3.78. The summed E-state index contributed by atoms with van der Waals surface area (Å²) in [6.07, 6.45) is 5.53. The van der Waals surface area contributed by atoms with Crippen LogP contribution in [0, 0.1) is 11.8 Å². The van der Waals surface area contributed by atoms with E-state index in [1.54, 1.807) is 0 Å². The fourth-order valence-electron chi connectivity index (χ4n) is 2.19. The summed E-state index contributed by atoms with van der Waals surface area (Å²) in [6.45, 7) is 7.06. The van der Waals surface area contributed by atoms with E-state index in [1.807, 2.05) is 0 Å². The first-order valence-corrected chi connectivity index (χ1v) is 5.26. The summed E-state index contributed by atoms with van der Waals surface area (Å²) in [5, 5.41) is 3.44. The molecular formula is C11H23N. The molecule has 1 saturated carbocycles. The minimum atomic E-state index is 0.436. The molecule has 0 saturated heterocycles.